The standard InChI is InChI=1S/C35H43NO3/c1-5-14-35(32(38)6-2)15-13-31-29-20-23(3)28-21-26(37)11-12-27(28)33(29)30(22-34(31,35)4)24-7-9-25(10-8-24)36-16-18-39-19-17-36/h7-10,21,23,29-31H,6,11-13,15-20,22H2,1-4H3/t23?,29-,30+,31-,34-,35+/m0/s1. The van der Waals surface area contributed by atoms with Gasteiger partial charge in [0.15, 0.2) is 11.6 Å². The number of ketones is 2. The van der Waals surface area contributed by atoms with E-state index in [0.29, 0.717) is 36.4 Å². The lowest BCUT2D eigenvalue weighted by molar-refractivity contribution is -0.132. The van der Waals surface area contributed by atoms with Gasteiger partial charge in [0.2, 0.25) is 0 Å². The zero-order valence-electron chi connectivity index (χ0n) is 24.1. The van der Waals surface area contributed by atoms with Crippen LogP contribution >= 0.6 is 0 Å². The van der Waals surface area contributed by atoms with E-state index in [2.05, 4.69) is 54.9 Å². The van der Waals surface area contributed by atoms with Crippen LogP contribution in [0.1, 0.15) is 84.1 Å². The van der Waals surface area contributed by atoms with Crippen LogP contribution in [-0.4, -0.2) is 37.9 Å². The highest BCUT2D eigenvalue weighted by atomic mass is 16.5. The Balaban J connectivity index is 1.49. The first-order valence-corrected chi connectivity index (χ1v) is 15.2. The fourth-order valence-corrected chi connectivity index (χ4v) is 9.27. The van der Waals surface area contributed by atoms with Crippen molar-refractivity contribution in [2.24, 2.45) is 28.6 Å². The molecule has 0 amide bonds. The lowest BCUT2D eigenvalue weighted by atomic mass is 9.47. The molecule has 1 aromatic carbocycles. The van der Waals surface area contributed by atoms with Crippen LogP contribution in [0.2, 0.25) is 0 Å². The third-order valence-electron chi connectivity index (χ3n) is 11.1. The molecule has 3 fully saturated rings. The van der Waals surface area contributed by atoms with Crippen LogP contribution in [0.25, 0.3) is 0 Å². The average Bonchev–Trinajstić information content (AvgIpc) is 3.26. The SMILES string of the molecule is CC#C[C@]1(C(=O)CC)CC[C@H]2[C@@H]3CC(C)C4=CC(=O)CCC4=C3[C@@H](c3ccc(N4CCOCC4)cc3)C[C@@]21C. The van der Waals surface area contributed by atoms with Gasteiger partial charge in [-0.3, -0.25) is 9.59 Å². The van der Waals surface area contributed by atoms with Crippen molar-refractivity contribution in [3.63, 3.8) is 0 Å². The number of fused-ring (bicyclic) bond motifs is 4. The van der Waals surface area contributed by atoms with Crippen LogP contribution in [-0.2, 0) is 14.3 Å². The summed E-state index contributed by atoms with van der Waals surface area (Å²) in [5.74, 6) is 8.87. The van der Waals surface area contributed by atoms with Gasteiger partial charge in [0.1, 0.15) is 0 Å². The molecule has 206 valence electrons. The third-order valence-corrected chi connectivity index (χ3v) is 11.1. The summed E-state index contributed by atoms with van der Waals surface area (Å²) in [6.45, 7) is 12.0. The number of Topliss-reactive ketones (excluding diaryl/α,β-unsaturated/α-hetero) is 1. The van der Waals surface area contributed by atoms with Crippen LogP contribution in [0.4, 0.5) is 5.69 Å². The highest BCUT2D eigenvalue weighted by molar-refractivity contribution is 5.93. The molecule has 6 rings (SSSR count). The van der Waals surface area contributed by atoms with Gasteiger partial charge in [0.05, 0.1) is 18.6 Å². The minimum Gasteiger partial charge on any atom is -0.378 e. The number of benzene rings is 1. The van der Waals surface area contributed by atoms with Gasteiger partial charge in [-0.2, -0.15) is 0 Å². The van der Waals surface area contributed by atoms with Gasteiger partial charge < -0.3 is 9.64 Å². The Morgan fingerprint density at radius 2 is 1.90 bits per heavy atom. The third kappa shape index (κ3) is 4.07. The summed E-state index contributed by atoms with van der Waals surface area (Å²) in [7, 11) is 0. The maximum absolute atomic E-state index is 13.8. The molecule has 4 nitrogen and oxygen atoms in total. The summed E-state index contributed by atoms with van der Waals surface area (Å²) in [4.78, 5) is 28.7. The van der Waals surface area contributed by atoms with Gasteiger partial charge in [0, 0.05) is 37.5 Å². The minimum absolute atomic E-state index is 0.170. The molecule has 0 aromatic heterocycles. The molecule has 2 saturated carbocycles. The van der Waals surface area contributed by atoms with E-state index in [9.17, 15) is 9.59 Å². The monoisotopic (exact) mass is 525 g/mol. The Bertz CT molecular complexity index is 1290. The molecule has 0 spiro atoms. The molecule has 4 heteroatoms. The van der Waals surface area contributed by atoms with Crippen LogP contribution in [0.3, 0.4) is 0 Å². The number of hydrogen-bond donors (Lipinski definition) is 0. The Hall–Kier alpha value is -2.64. The van der Waals surface area contributed by atoms with E-state index in [4.69, 9.17) is 4.74 Å². The van der Waals surface area contributed by atoms with Gasteiger partial charge in [-0.1, -0.05) is 44.4 Å². The maximum Gasteiger partial charge on any atom is 0.156 e. The van der Waals surface area contributed by atoms with Gasteiger partial charge in [-0.15, -0.1) is 5.92 Å². The molecule has 1 unspecified atom stereocenters. The molecule has 0 radical (unpaired) electrons. The number of allylic oxidation sites excluding steroid dienone is 4. The average molecular weight is 526 g/mol. The van der Waals surface area contributed by atoms with Crippen molar-refractivity contribution in [1.82, 2.24) is 0 Å². The summed E-state index contributed by atoms with van der Waals surface area (Å²) >= 11 is 0. The summed E-state index contributed by atoms with van der Waals surface area (Å²) in [6, 6.07) is 9.24. The molecule has 6 atom stereocenters. The van der Waals surface area contributed by atoms with Crippen LogP contribution in [0, 0.1) is 40.4 Å². The fourth-order valence-electron chi connectivity index (χ4n) is 9.27. The fraction of sp³-hybridized carbons (Fsp3) is 0.600. The number of rotatable bonds is 4. The molecule has 5 aliphatic rings. The number of morpholine rings is 1. The first-order valence-electron chi connectivity index (χ1n) is 15.2. The second kappa shape index (κ2) is 10.1. The normalized spacial score (nSPS) is 35.8. The number of carbonyl (C=O) groups excluding carboxylic acids is 2. The largest absolute Gasteiger partial charge is 0.378 e. The molecule has 39 heavy (non-hydrogen) atoms. The van der Waals surface area contributed by atoms with Crippen LogP contribution in [0.15, 0.2) is 47.1 Å². The predicted octanol–water partition coefficient (Wildman–Crippen LogP) is 6.66. The highest BCUT2D eigenvalue weighted by Crippen LogP contribution is 2.70. The van der Waals surface area contributed by atoms with Crippen molar-refractivity contribution in [3.05, 3.63) is 52.6 Å². The van der Waals surface area contributed by atoms with Gasteiger partial charge >= 0.3 is 0 Å². The quantitative estimate of drug-likeness (QED) is 0.413. The lowest BCUT2D eigenvalue weighted by Crippen LogP contribution is -2.51. The van der Waals surface area contributed by atoms with E-state index in [0.717, 1.165) is 58.4 Å². The van der Waals surface area contributed by atoms with Crippen molar-refractivity contribution < 1.29 is 14.3 Å². The van der Waals surface area contributed by atoms with E-state index in [-0.39, 0.29) is 17.1 Å². The van der Waals surface area contributed by atoms with Crippen molar-refractivity contribution in [2.75, 3.05) is 31.2 Å². The Kier molecular flexibility index (Phi) is 6.87. The minimum atomic E-state index is -0.564. The molecule has 1 aliphatic heterocycles. The summed E-state index contributed by atoms with van der Waals surface area (Å²) in [5, 5.41) is 0. The van der Waals surface area contributed by atoms with Crippen molar-refractivity contribution in [2.45, 2.75) is 78.6 Å². The summed E-state index contributed by atoms with van der Waals surface area (Å²) in [5.41, 5.74) is 6.20. The Morgan fingerprint density at radius 1 is 1.15 bits per heavy atom. The number of nitrogens with zero attached hydrogens (tertiary/aromatic N) is 1. The van der Waals surface area contributed by atoms with Gasteiger partial charge in [-0.25, -0.2) is 0 Å². The second-order valence-corrected chi connectivity index (χ2v) is 12.8. The van der Waals surface area contributed by atoms with E-state index < -0.39 is 5.41 Å². The number of anilines is 1. The van der Waals surface area contributed by atoms with Gasteiger partial charge in [0.25, 0.3) is 0 Å². The Morgan fingerprint density at radius 3 is 2.59 bits per heavy atom. The van der Waals surface area contributed by atoms with Crippen molar-refractivity contribution >= 4 is 17.3 Å². The summed E-state index contributed by atoms with van der Waals surface area (Å²) in [6.07, 6.45) is 7.93. The molecular weight excluding hydrogens is 482 g/mol. The van der Waals surface area contributed by atoms with E-state index in [1.165, 1.54) is 22.4 Å². The number of ether oxygens (including phenoxy) is 1. The first-order chi connectivity index (χ1) is 18.8. The number of hydrogen-bond acceptors (Lipinski definition) is 4. The van der Waals surface area contributed by atoms with Crippen molar-refractivity contribution in [3.8, 4) is 11.8 Å². The molecule has 0 bridgehead atoms. The zero-order chi connectivity index (χ0) is 27.4. The Labute approximate surface area is 234 Å². The molecular formula is C35H43NO3. The van der Waals surface area contributed by atoms with Gasteiger partial charge in [-0.05, 0) is 97.1 Å². The van der Waals surface area contributed by atoms with E-state index in [1.807, 2.05) is 19.9 Å². The van der Waals surface area contributed by atoms with Crippen molar-refractivity contribution in [1.29, 1.82) is 0 Å². The summed E-state index contributed by atoms with van der Waals surface area (Å²) < 4.78 is 5.57. The number of carbonyl (C=O) groups is 2. The van der Waals surface area contributed by atoms with Crippen LogP contribution in [0.5, 0.6) is 0 Å². The molecule has 1 saturated heterocycles. The van der Waals surface area contributed by atoms with E-state index >= 15 is 0 Å². The molecule has 1 aromatic rings. The predicted molar refractivity (Wildman–Crippen MR) is 155 cm³/mol. The molecule has 1 heterocycles. The first kappa shape index (κ1) is 26.6. The second-order valence-electron chi connectivity index (χ2n) is 12.8. The topological polar surface area (TPSA) is 46.6 Å². The van der Waals surface area contributed by atoms with E-state index in [1.54, 1.807) is 5.57 Å². The molecule has 0 N–H and O–H groups in total. The smallest absolute Gasteiger partial charge is 0.156 e. The highest BCUT2D eigenvalue weighted by Gasteiger charge is 2.65. The van der Waals surface area contributed by atoms with Crippen LogP contribution < -0.4 is 4.90 Å². The lowest BCUT2D eigenvalue weighted by Gasteiger charge is -2.55. The maximum atomic E-state index is 13.8. The molecule has 4 aliphatic carbocycles. The zero-order valence-corrected chi connectivity index (χ0v) is 24.1.